The minimum atomic E-state index is 0.0149. The Kier molecular flexibility index (Phi) is 4.60. The molecule has 3 rings (SSSR count). The molecule has 0 bridgehead atoms. The van der Waals surface area contributed by atoms with Gasteiger partial charge in [0.1, 0.15) is 0 Å². The van der Waals surface area contributed by atoms with Crippen molar-refractivity contribution in [3.05, 3.63) is 35.5 Å². The molecule has 1 aromatic carbocycles. The number of nitrogens with one attached hydrogen (secondary N) is 1. The molecule has 128 valence electrons. The Morgan fingerprint density at radius 2 is 1.71 bits per heavy atom. The van der Waals surface area contributed by atoms with Crippen LogP contribution in [0.25, 0.3) is 10.9 Å². The van der Waals surface area contributed by atoms with Crippen LogP contribution in [-0.4, -0.2) is 52.8 Å². The number of carbonyl (C=O) groups is 2. The molecule has 0 radical (unpaired) electrons. The van der Waals surface area contributed by atoms with Crippen LogP contribution >= 0.6 is 0 Å². The molecule has 5 heteroatoms. The van der Waals surface area contributed by atoms with E-state index in [1.165, 1.54) is 0 Å². The van der Waals surface area contributed by atoms with E-state index in [0.29, 0.717) is 32.6 Å². The van der Waals surface area contributed by atoms with Crippen molar-refractivity contribution in [3.63, 3.8) is 0 Å². The molecule has 24 heavy (non-hydrogen) atoms. The van der Waals surface area contributed by atoms with Crippen molar-refractivity contribution in [1.82, 2.24) is 14.8 Å². The summed E-state index contributed by atoms with van der Waals surface area (Å²) in [6.45, 7) is 8.36. The maximum atomic E-state index is 12.7. The zero-order valence-corrected chi connectivity index (χ0v) is 14.6. The van der Waals surface area contributed by atoms with Gasteiger partial charge in [-0.2, -0.15) is 0 Å². The van der Waals surface area contributed by atoms with Gasteiger partial charge in [0.2, 0.25) is 11.8 Å². The van der Waals surface area contributed by atoms with Gasteiger partial charge in [0.25, 0.3) is 0 Å². The van der Waals surface area contributed by atoms with Gasteiger partial charge in [0, 0.05) is 48.7 Å². The molecule has 1 saturated heterocycles. The normalized spacial score (nSPS) is 15.3. The third-order valence-electron chi connectivity index (χ3n) is 4.79. The fourth-order valence-electron chi connectivity index (χ4n) is 3.37. The molecule has 2 heterocycles. The molecular formula is C19H25N3O2. The highest BCUT2D eigenvalue weighted by Gasteiger charge is 2.26. The summed E-state index contributed by atoms with van der Waals surface area (Å²) in [5.74, 6) is 0.329. The summed E-state index contributed by atoms with van der Waals surface area (Å²) in [4.78, 5) is 31.8. The van der Waals surface area contributed by atoms with Gasteiger partial charge in [0.15, 0.2) is 0 Å². The van der Waals surface area contributed by atoms with Crippen LogP contribution in [0.4, 0.5) is 0 Å². The van der Waals surface area contributed by atoms with Crippen LogP contribution < -0.4 is 0 Å². The number of amides is 2. The number of rotatable bonds is 3. The Balaban J connectivity index is 1.66. The second kappa shape index (κ2) is 6.67. The van der Waals surface area contributed by atoms with Gasteiger partial charge in [0.05, 0.1) is 6.42 Å². The molecule has 2 aromatic rings. The summed E-state index contributed by atoms with van der Waals surface area (Å²) >= 11 is 0. The predicted octanol–water partition coefficient (Wildman–Crippen LogP) is 2.35. The van der Waals surface area contributed by atoms with Crippen LogP contribution in [0.5, 0.6) is 0 Å². The second-order valence-corrected chi connectivity index (χ2v) is 6.81. The van der Waals surface area contributed by atoms with E-state index in [0.717, 1.165) is 22.2 Å². The van der Waals surface area contributed by atoms with Gasteiger partial charge in [-0.05, 0) is 18.6 Å². The smallest absolute Gasteiger partial charge is 0.227 e. The first-order valence-electron chi connectivity index (χ1n) is 8.60. The number of aromatic amines is 1. The quantitative estimate of drug-likeness (QED) is 0.941. The average molecular weight is 327 g/mol. The van der Waals surface area contributed by atoms with E-state index >= 15 is 0 Å². The standard InChI is InChI=1S/C19H25N3O2/c1-13(2)19(24)22-10-8-21(9-11-22)18(23)12-16-14(3)20-17-7-5-4-6-15(16)17/h4-7,13,20H,8-12H2,1-3H3. The van der Waals surface area contributed by atoms with Crippen LogP contribution in [0.1, 0.15) is 25.1 Å². The van der Waals surface area contributed by atoms with Crippen molar-refractivity contribution in [2.75, 3.05) is 26.2 Å². The highest BCUT2D eigenvalue weighted by atomic mass is 16.2. The first-order valence-corrected chi connectivity index (χ1v) is 8.60. The molecule has 0 spiro atoms. The number of fused-ring (bicyclic) bond motifs is 1. The molecule has 0 aliphatic carbocycles. The lowest BCUT2D eigenvalue weighted by atomic mass is 10.1. The van der Waals surface area contributed by atoms with Gasteiger partial charge in [-0.1, -0.05) is 32.0 Å². The minimum Gasteiger partial charge on any atom is -0.358 e. The first-order chi connectivity index (χ1) is 11.5. The molecule has 1 aliphatic heterocycles. The largest absolute Gasteiger partial charge is 0.358 e. The molecule has 1 aliphatic rings. The number of para-hydroxylation sites is 1. The van der Waals surface area contributed by atoms with Crippen molar-refractivity contribution in [1.29, 1.82) is 0 Å². The van der Waals surface area contributed by atoms with Crippen LogP contribution in [0.2, 0.25) is 0 Å². The summed E-state index contributed by atoms with van der Waals surface area (Å²) in [5.41, 5.74) is 3.21. The zero-order valence-electron chi connectivity index (χ0n) is 14.6. The Morgan fingerprint density at radius 1 is 1.08 bits per heavy atom. The lowest BCUT2D eigenvalue weighted by Gasteiger charge is -2.35. The number of hydrogen-bond acceptors (Lipinski definition) is 2. The molecule has 1 aromatic heterocycles. The summed E-state index contributed by atoms with van der Waals surface area (Å²) in [6, 6.07) is 8.09. The second-order valence-electron chi connectivity index (χ2n) is 6.81. The molecule has 1 fully saturated rings. The number of piperazine rings is 1. The molecule has 0 atom stereocenters. The first kappa shape index (κ1) is 16.6. The van der Waals surface area contributed by atoms with Gasteiger partial charge in [-0.25, -0.2) is 0 Å². The molecular weight excluding hydrogens is 302 g/mol. The Hall–Kier alpha value is -2.30. The number of H-pyrrole nitrogens is 1. The summed E-state index contributed by atoms with van der Waals surface area (Å²) in [7, 11) is 0. The lowest BCUT2D eigenvalue weighted by Crippen LogP contribution is -2.51. The van der Waals surface area contributed by atoms with E-state index in [2.05, 4.69) is 11.1 Å². The van der Waals surface area contributed by atoms with Crippen molar-refractivity contribution in [2.45, 2.75) is 27.2 Å². The Morgan fingerprint density at radius 3 is 2.38 bits per heavy atom. The van der Waals surface area contributed by atoms with Crippen molar-refractivity contribution in [3.8, 4) is 0 Å². The molecule has 5 nitrogen and oxygen atoms in total. The number of aromatic nitrogens is 1. The minimum absolute atomic E-state index is 0.0149. The summed E-state index contributed by atoms with van der Waals surface area (Å²) in [5, 5.41) is 1.12. The van der Waals surface area contributed by atoms with E-state index < -0.39 is 0 Å². The molecule has 0 unspecified atom stereocenters. The highest BCUT2D eigenvalue weighted by Crippen LogP contribution is 2.23. The van der Waals surface area contributed by atoms with Crippen molar-refractivity contribution < 1.29 is 9.59 Å². The van der Waals surface area contributed by atoms with Crippen LogP contribution in [0.3, 0.4) is 0 Å². The van der Waals surface area contributed by atoms with E-state index in [1.54, 1.807) is 0 Å². The van der Waals surface area contributed by atoms with E-state index in [4.69, 9.17) is 0 Å². The Labute approximate surface area is 142 Å². The predicted molar refractivity (Wildman–Crippen MR) is 94.7 cm³/mol. The number of carbonyl (C=O) groups excluding carboxylic acids is 2. The molecule has 2 amide bonds. The van der Waals surface area contributed by atoms with Crippen molar-refractivity contribution >= 4 is 22.7 Å². The third-order valence-corrected chi connectivity index (χ3v) is 4.79. The van der Waals surface area contributed by atoms with E-state index in [1.807, 2.05) is 48.8 Å². The van der Waals surface area contributed by atoms with Gasteiger partial charge < -0.3 is 14.8 Å². The van der Waals surface area contributed by atoms with Crippen LogP contribution in [-0.2, 0) is 16.0 Å². The molecule has 1 N–H and O–H groups in total. The SMILES string of the molecule is Cc1[nH]c2ccccc2c1CC(=O)N1CCN(C(=O)C(C)C)CC1. The number of hydrogen-bond donors (Lipinski definition) is 1. The van der Waals surface area contributed by atoms with Gasteiger partial charge >= 0.3 is 0 Å². The monoisotopic (exact) mass is 327 g/mol. The number of nitrogens with zero attached hydrogens (tertiary/aromatic N) is 2. The topological polar surface area (TPSA) is 56.4 Å². The average Bonchev–Trinajstić information content (AvgIpc) is 2.90. The number of benzene rings is 1. The fraction of sp³-hybridized carbons (Fsp3) is 0.474. The summed E-state index contributed by atoms with van der Waals surface area (Å²) < 4.78 is 0. The zero-order chi connectivity index (χ0) is 17.3. The van der Waals surface area contributed by atoms with E-state index in [-0.39, 0.29) is 17.7 Å². The Bertz CT molecular complexity index is 755. The van der Waals surface area contributed by atoms with E-state index in [9.17, 15) is 9.59 Å². The van der Waals surface area contributed by atoms with Crippen molar-refractivity contribution in [2.24, 2.45) is 5.92 Å². The lowest BCUT2D eigenvalue weighted by molar-refractivity contribution is -0.141. The van der Waals surface area contributed by atoms with Crippen LogP contribution in [0.15, 0.2) is 24.3 Å². The molecule has 0 saturated carbocycles. The highest BCUT2D eigenvalue weighted by molar-refractivity contribution is 5.90. The maximum absolute atomic E-state index is 12.7. The number of aryl methyl sites for hydroxylation is 1. The van der Waals surface area contributed by atoms with Gasteiger partial charge in [-0.3, -0.25) is 9.59 Å². The summed E-state index contributed by atoms with van der Waals surface area (Å²) in [6.07, 6.45) is 0.411. The fourth-order valence-corrected chi connectivity index (χ4v) is 3.37. The maximum Gasteiger partial charge on any atom is 0.227 e. The van der Waals surface area contributed by atoms with Crippen LogP contribution in [0, 0.1) is 12.8 Å². The third kappa shape index (κ3) is 3.16. The van der Waals surface area contributed by atoms with Gasteiger partial charge in [-0.15, -0.1) is 0 Å².